The molecule has 0 heteroatoms. The van der Waals surface area contributed by atoms with Gasteiger partial charge in [0.05, 0.1) is 0 Å². The lowest BCUT2D eigenvalue weighted by Gasteiger charge is -2.44. The van der Waals surface area contributed by atoms with Crippen molar-refractivity contribution < 1.29 is 0 Å². The van der Waals surface area contributed by atoms with E-state index >= 15 is 0 Å². The molecule has 0 saturated carbocycles. The molecule has 0 N–H and O–H groups in total. The molecule has 0 saturated heterocycles. The molecule has 0 heterocycles. The molecule has 0 bridgehead atoms. The molecule has 0 radical (unpaired) electrons. The zero-order chi connectivity index (χ0) is 11.8. The SMILES string of the molecule is CCC(C)(C)[C@@H]1CC=CC2C(C)=CC=CC21. The summed E-state index contributed by atoms with van der Waals surface area (Å²) >= 11 is 0. The van der Waals surface area contributed by atoms with E-state index in [0.29, 0.717) is 11.3 Å². The Bertz CT molecular complexity index is 341. The molecule has 0 aliphatic heterocycles. The average Bonchev–Trinajstić information content (AvgIpc) is 2.29. The predicted molar refractivity (Wildman–Crippen MR) is 71.2 cm³/mol. The standard InChI is InChI=1S/C16H24/c1-5-16(3,4)15-11-7-9-13-12(2)8-6-10-14(13)15/h6-10,13-15H,5,11H2,1-4H3/t13?,14?,15-/m1/s1. The number of allylic oxidation sites excluding steroid dienone is 6. The molecule has 2 aliphatic rings. The quantitative estimate of drug-likeness (QED) is 0.584. The first-order chi connectivity index (χ1) is 7.56. The van der Waals surface area contributed by atoms with Gasteiger partial charge in [-0.15, -0.1) is 0 Å². The molecular formula is C16H24. The lowest BCUT2D eigenvalue weighted by atomic mass is 9.61. The summed E-state index contributed by atoms with van der Waals surface area (Å²) in [5.74, 6) is 2.19. The molecule has 88 valence electrons. The van der Waals surface area contributed by atoms with Crippen LogP contribution in [0.5, 0.6) is 0 Å². The zero-order valence-corrected chi connectivity index (χ0v) is 11.0. The van der Waals surface area contributed by atoms with Crippen LogP contribution in [0.25, 0.3) is 0 Å². The lowest BCUT2D eigenvalue weighted by molar-refractivity contribution is 0.133. The highest BCUT2D eigenvalue weighted by Gasteiger charge is 2.38. The predicted octanol–water partition coefficient (Wildman–Crippen LogP) is 4.75. The van der Waals surface area contributed by atoms with Crippen LogP contribution in [0.15, 0.2) is 36.0 Å². The maximum absolute atomic E-state index is 2.43. The van der Waals surface area contributed by atoms with Gasteiger partial charge in [0.25, 0.3) is 0 Å². The van der Waals surface area contributed by atoms with Gasteiger partial charge in [-0.05, 0) is 30.6 Å². The average molecular weight is 216 g/mol. The Morgan fingerprint density at radius 3 is 2.75 bits per heavy atom. The third-order valence-corrected chi connectivity index (χ3v) is 4.75. The fraction of sp³-hybridized carbons (Fsp3) is 0.625. The van der Waals surface area contributed by atoms with Crippen LogP contribution in [-0.2, 0) is 0 Å². The molecule has 0 aromatic heterocycles. The van der Waals surface area contributed by atoms with E-state index < -0.39 is 0 Å². The van der Waals surface area contributed by atoms with Crippen molar-refractivity contribution in [2.24, 2.45) is 23.2 Å². The van der Waals surface area contributed by atoms with E-state index in [1.807, 2.05) is 0 Å². The van der Waals surface area contributed by atoms with Gasteiger partial charge in [-0.2, -0.15) is 0 Å². The molecule has 16 heavy (non-hydrogen) atoms. The van der Waals surface area contributed by atoms with Gasteiger partial charge in [-0.25, -0.2) is 0 Å². The van der Waals surface area contributed by atoms with Gasteiger partial charge in [0, 0.05) is 5.92 Å². The summed E-state index contributed by atoms with van der Waals surface area (Å²) in [6, 6.07) is 0. The molecule has 2 unspecified atom stereocenters. The van der Waals surface area contributed by atoms with Gasteiger partial charge < -0.3 is 0 Å². The first-order valence-electron chi connectivity index (χ1n) is 6.58. The van der Waals surface area contributed by atoms with Crippen LogP contribution in [0.2, 0.25) is 0 Å². The van der Waals surface area contributed by atoms with Crippen molar-refractivity contribution in [3.63, 3.8) is 0 Å². The molecule has 0 fully saturated rings. The molecule has 0 amide bonds. The van der Waals surface area contributed by atoms with Crippen molar-refractivity contribution >= 4 is 0 Å². The Morgan fingerprint density at radius 2 is 2.06 bits per heavy atom. The smallest absolute Gasteiger partial charge is 0.00430 e. The third kappa shape index (κ3) is 1.90. The van der Waals surface area contributed by atoms with Gasteiger partial charge in [-0.3, -0.25) is 0 Å². The normalized spacial score (nSPS) is 33.5. The van der Waals surface area contributed by atoms with Gasteiger partial charge in [-0.1, -0.05) is 63.1 Å². The van der Waals surface area contributed by atoms with E-state index in [2.05, 4.69) is 58.1 Å². The summed E-state index contributed by atoms with van der Waals surface area (Å²) in [6.45, 7) is 9.44. The second kappa shape index (κ2) is 4.24. The van der Waals surface area contributed by atoms with Crippen LogP contribution >= 0.6 is 0 Å². The van der Waals surface area contributed by atoms with E-state index in [4.69, 9.17) is 0 Å². The van der Waals surface area contributed by atoms with Crippen molar-refractivity contribution in [3.8, 4) is 0 Å². The fourth-order valence-electron chi connectivity index (χ4n) is 3.17. The largest absolute Gasteiger partial charge is 0.0876 e. The van der Waals surface area contributed by atoms with Crippen LogP contribution in [-0.4, -0.2) is 0 Å². The van der Waals surface area contributed by atoms with Gasteiger partial charge in [0.1, 0.15) is 0 Å². The lowest BCUT2D eigenvalue weighted by Crippen LogP contribution is -2.35. The first-order valence-corrected chi connectivity index (χ1v) is 6.58. The molecule has 2 aliphatic carbocycles. The zero-order valence-electron chi connectivity index (χ0n) is 11.0. The van der Waals surface area contributed by atoms with Crippen LogP contribution < -0.4 is 0 Å². The summed E-state index contributed by atoms with van der Waals surface area (Å²) in [6.07, 6.45) is 14.3. The van der Waals surface area contributed by atoms with Crippen molar-refractivity contribution in [2.75, 3.05) is 0 Å². The molecule has 0 spiro atoms. The molecular weight excluding hydrogens is 192 g/mol. The van der Waals surface area contributed by atoms with E-state index in [0.717, 1.165) is 11.8 Å². The molecule has 0 aromatic carbocycles. The van der Waals surface area contributed by atoms with Crippen LogP contribution in [0, 0.1) is 23.2 Å². The maximum Gasteiger partial charge on any atom is 0.00430 e. The van der Waals surface area contributed by atoms with E-state index in [-0.39, 0.29) is 0 Å². The van der Waals surface area contributed by atoms with Crippen molar-refractivity contribution in [3.05, 3.63) is 36.0 Å². The molecule has 0 aromatic rings. The summed E-state index contributed by atoms with van der Waals surface area (Å²) < 4.78 is 0. The summed E-state index contributed by atoms with van der Waals surface area (Å²) in [5, 5.41) is 0. The summed E-state index contributed by atoms with van der Waals surface area (Å²) in [5.41, 5.74) is 1.98. The summed E-state index contributed by atoms with van der Waals surface area (Å²) in [7, 11) is 0. The van der Waals surface area contributed by atoms with E-state index in [1.54, 1.807) is 0 Å². The molecule has 0 nitrogen and oxygen atoms in total. The van der Waals surface area contributed by atoms with Gasteiger partial charge in [0.15, 0.2) is 0 Å². The summed E-state index contributed by atoms with van der Waals surface area (Å²) in [4.78, 5) is 0. The number of hydrogen-bond donors (Lipinski definition) is 0. The number of fused-ring (bicyclic) bond motifs is 1. The first kappa shape index (κ1) is 11.7. The maximum atomic E-state index is 2.43. The van der Waals surface area contributed by atoms with Crippen LogP contribution in [0.1, 0.15) is 40.5 Å². The third-order valence-electron chi connectivity index (χ3n) is 4.75. The van der Waals surface area contributed by atoms with Gasteiger partial charge >= 0.3 is 0 Å². The fourth-order valence-corrected chi connectivity index (χ4v) is 3.17. The van der Waals surface area contributed by atoms with Crippen LogP contribution in [0.3, 0.4) is 0 Å². The molecule has 2 rings (SSSR count). The number of rotatable bonds is 2. The minimum absolute atomic E-state index is 0.454. The van der Waals surface area contributed by atoms with Gasteiger partial charge in [0.2, 0.25) is 0 Å². The Hall–Kier alpha value is -0.780. The monoisotopic (exact) mass is 216 g/mol. The van der Waals surface area contributed by atoms with Crippen molar-refractivity contribution in [1.29, 1.82) is 0 Å². The topological polar surface area (TPSA) is 0 Å². The van der Waals surface area contributed by atoms with E-state index in [1.165, 1.54) is 18.4 Å². The molecule has 3 atom stereocenters. The van der Waals surface area contributed by atoms with E-state index in [9.17, 15) is 0 Å². The minimum atomic E-state index is 0.454. The Morgan fingerprint density at radius 1 is 1.31 bits per heavy atom. The number of hydrogen-bond acceptors (Lipinski definition) is 0. The Labute approximate surface area is 100 Å². The Balaban J connectivity index is 2.29. The highest BCUT2D eigenvalue weighted by molar-refractivity contribution is 5.28. The van der Waals surface area contributed by atoms with Crippen molar-refractivity contribution in [2.45, 2.75) is 40.5 Å². The minimum Gasteiger partial charge on any atom is -0.0876 e. The second-order valence-electron chi connectivity index (χ2n) is 6.01. The highest BCUT2D eigenvalue weighted by Crippen LogP contribution is 2.47. The highest BCUT2D eigenvalue weighted by atomic mass is 14.4. The second-order valence-corrected chi connectivity index (χ2v) is 6.01. The van der Waals surface area contributed by atoms with Crippen LogP contribution in [0.4, 0.5) is 0 Å². The Kier molecular flexibility index (Phi) is 3.10. The van der Waals surface area contributed by atoms with Crippen molar-refractivity contribution in [1.82, 2.24) is 0 Å².